The molecular weight excluding hydrogens is 506 g/mol. The molecule has 0 amide bonds. The molecule has 1 aromatic carbocycles. The van der Waals surface area contributed by atoms with Crippen LogP contribution in [-0.4, -0.2) is 23.1 Å². The van der Waals surface area contributed by atoms with Crippen molar-refractivity contribution < 1.29 is 21.1 Å². The maximum Gasteiger partial charge on any atom is 0.131 e. The third-order valence-corrected chi connectivity index (χ3v) is 4.37. The first-order valence-corrected chi connectivity index (χ1v) is 8.82. The van der Waals surface area contributed by atoms with Crippen molar-refractivity contribution in [3.63, 3.8) is 0 Å². The van der Waals surface area contributed by atoms with Gasteiger partial charge in [-0.3, -0.25) is 0 Å². The van der Waals surface area contributed by atoms with E-state index in [2.05, 4.69) is 53.4 Å². The Bertz CT molecular complexity index is 876. The van der Waals surface area contributed by atoms with Gasteiger partial charge in [-0.25, -0.2) is 4.98 Å². The van der Waals surface area contributed by atoms with Crippen LogP contribution in [0.25, 0.3) is 27.6 Å². The number of nitrogens with zero attached hydrogens (tertiary/aromatic N) is 3. The summed E-state index contributed by atoms with van der Waals surface area (Å²) in [5.41, 5.74) is 18.3. The van der Waals surface area contributed by atoms with E-state index in [9.17, 15) is 0 Å². The van der Waals surface area contributed by atoms with Gasteiger partial charge in [-0.2, -0.15) is 0 Å². The molecule has 5 nitrogen and oxygen atoms in total. The molecule has 140 valence electrons. The standard InChI is InChI=1S/C21H24N5.W/c1-3-17-18(16-8-9-19(25-12-16)24-11-10-22)13-26-21(23)20(17)15-6-4-14(2)5-7-15;/h4-9,12-13H,3,10-11,22H2,1-2H3,(H2-,23,24,25,26);/q-1;. The molecule has 0 fully saturated rings. The van der Waals surface area contributed by atoms with Gasteiger partial charge in [0.1, 0.15) is 5.82 Å². The summed E-state index contributed by atoms with van der Waals surface area (Å²) in [7, 11) is 0. The smallest absolute Gasteiger partial charge is 0.131 e. The Labute approximate surface area is 174 Å². The summed E-state index contributed by atoms with van der Waals surface area (Å²) < 4.78 is 0. The Morgan fingerprint density at radius 1 is 0.963 bits per heavy atom. The van der Waals surface area contributed by atoms with E-state index in [4.69, 9.17) is 11.5 Å². The number of anilines is 1. The van der Waals surface area contributed by atoms with Crippen molar-refractivity contribution >= 4 is 11.6 Å². The molecule has 0 aliphatic rings. The molecule has 0 radical (unpaired) electrons. The molecule has 2 heterocycles. The zero-order valence-corrected chi connectivity index (χ0v) is 18.6. The Kier molecular flexibility index (Phi) is 7.52. The minimum atomic E-state index is 0. The normalized spacial score (nSPS) is 10.3. The molecule has 0 aliphatic carbocycles. The summed E-state index contributed by atoms with van der Waals surface area (Å²) in [6, 6.07) is 12.3. The zero-order chi connectivity index (χ0) is 18.5. The van der Waals surface area contributed by atoms with Crippen molar-refractivity contribution in [3.8, 4) is 22.3 Å². The molecule has 4 N–H and O–H groups in total. The number of hydrogen-bond donors (Lipinski definition) is 2. The van der Waals surface area contributed by atoms with Crippen molar-refractivity contribution in [1.82, 2.24) is 9.97 Å². The summed E-state index contributed by atoms with van der Waals surface area (Å²) in [6.07, 6.45) is 4.52. The first-order valence-electron chi connectivity index (χ1n) is 8.82. The molecule has 2 aromatic heterocycles. The number of nitrogen functional groups attached to an aromatic ring is 1. The van der Waals surface area contributed by atoms with Crippen LogP contribution in [0.5, 0.6) is 0 Å². The summed E-state index contributed by atoms with van der Waals surface area (Å²) in [4.78, 5) is 8.87. The molecule has 0 saturated carbocycles. The van der Waals surface area contributed by atoms with E-state index in [0.717, 1.165) is 28.7 Å². The van der Waals surface area contributed by atoms with Gasteiger partial charge in [-0.1, -0.05) is 60.9 Å². The van der Waals surface area contributed by atoms with Gasteiger partial charge in [0.2, 0.25) is 0 Å². The minimum Gasteiger partial charge on any atom is -0.464 e. The van der Waals surface area contributed by atoms with Gasteiger partial charge in [-0.05, 0) is 43.1 Å². The summed E-state index contributed by atoms with van der Waals surface area (Å²) in [6.45, 7) is 5.30. The molecule has 0 unspecified atom stereocenters. The molecule has 0 saturated heterocycles. The molecule has 3 aromatic rings. The van der Waals surface area contributed by atoms with Crippen LogP contribution < -0.4 is 11.5 Å². The topological polar surface area (TPSA) is 91.9 Å². The molecular formula is C21H24N5W-. The fourth-order valence-electron chi connectivity index (χ4n) is 3.04. The fraction of sp³-hybridized carbons (Fsp3) is 0.238. The van der Waals surface area contributed by atoms with Crippen LogP contribution in [0.15, 0.2) is 48.8 Å². The van der Waals surface area contributed by atoms with Crippen molar-refractivity contribution in [1.29, 1.82) is 0 Å². The van der Waals surface area contributed by atoms with Crippen molar-refractivity contribution in [2.75, 3.05) is 18.8 Å². The average Bonchev–Trinajstić information content (AvgIpc) is 2.67. The van der Waals surface area contributed by atoms with Gasteiger partial charge >= 0.3 is 0 Å². The predicted molar refractivity (Wildman–Crippen MR) is 108 cm³/mol. The predicted octanol–water partition coefficient (Wildman–Crippen LogP) is 4.23. The van der Waals surface area contributed by atoms with E-state index in [1.54, 1.807) is 0 Å². The van der Waals surface area contributed by atoms with E-state index >= 15 is 0 Å². The Hall–Kier alpha value is -2.23. The van der Waals surface area contributed by atoms with Crippen LogP contribution in [0.4, 0.5) is 11.6 Å². The monoisotopic (exact) mass is 530 g/mol. The van der Waals surface area contributed by atoms with Crippen LogP contribution in [-0.2, 0) is 27.5 Å². The van der Waals surface area contributed by atoms with E-state index in [-0.39, 0.29) is 21.1 Å². The Morgan fingerprint density at radius 3 is 2.26 bits per heavy atom. The van der Waals surface area contributed by atoms with Crippen LogP contribution in [0.3, 0.4) is 0 Å². The third kappa shape index (κ3) is 4.74. The number of benzene rings is 1. The number of nitrogens with two attached hydrogens (primary N) is 2. The molecule has 6 heteroatoms. The minimum absolute atomic E-state index is 0. The summed E-state index contributed by atoms with van der Waals surface area (Å²) in [5, 5.41) is 4.32. The number of pyridine rings is 2. The molecule has 0 spiro atoms. The maximum absolute atomic E-state index is 6.24. The van der Waals surface area contributed by atoms with Crippen LogP contribution in [0.2, 0.25) is 0 Å². The van der Waals surface area contributed by atoms with Gasteiger partial charge in [-0.15, -0.1) is 0 Å². The molecule has 0 bridgehead atoms. The average molecular weight is 530 g/mol. The van der Waals surface area contributed by atoms with Crippen molar-refractivity contribution in [3.05, 3.63) is 65.2 Å². The zero-order valence-electron chi connectivity index (χ0n) is 15.6. The van der Waals surface area contributed by atoms with E-state index in [1.165, 1.54) is 11.1 Å². The fourth-order valence-corrected chi connectivity index (χ4v) is 3.04. The molecule has 0 atom stereocenters. The van der Waals surface area contributed by atoms with E-state index in [1.807, 2.05) is 24.5 Å². The van der Waals surface area contributed by atoms with Crippen molar-refractivity contribution in [2.24, 2.45) is 5.73 Å². The van der Waals surface area contributed by atoms with Gasteiger partial charge < -0.3 is 21.8 Å². The first kappa shape index (κ1) is 21.1. The summed E-state index contributed by atoms with van der Waals surface area (Å²) >= 11 is 0. The summed E-state index contributed by atoms with van der Waals surface area (Å²) in [5.74, 6) is 1.25. The van der Waals surface area contributed by atoms with Crippen LogP contribution >= 0.6 is 0 Å². The number of aromatic nitrogens is 2. The second-order valence-electron chi connectivity index (χ2n) is 6.21. The van der Waals surface area contributed by atoms with Crippen molar-refractivity contribution in [2.45, 2.75) is 20.3 Å². The number of hydrogen-bond acceptors (Lipinski definition) is 4. The quantitative estimate of drug-likeness (QED) is 0.500. The van der Waals surface area contributed by atoms with Gasteiger partial charge in [0.15, 0.2) is 0 Å². The second-order valence-corrected chi connectivity index (χ2v) is 6.21. The van der Waals surface area contributed by atoms with Gasteiger partial charge in [0, 0.05) is 38.4 Å². The largest absolute Gasteiger partial charge is 0.464 e. The van der Waals surface area contributed by atoms with Gasteiger partial charge in [0.25, 0.3) is 0 Å². The Morgan fingerprint density at radius 2 is 1.67 bits per heavy atom. The van der Waals surface area contributed by atoms with Crippen LogP contribution in [0, 0.1) is 6.92 Å². The number of aryl methyl sites for hydroxylation is 1. The number of rotatable bonds is 6. The van der Waals surface area contributed by atoms with E-state index < -0.39 is 0 Å². The molecule has 3 rings (SSSR count). The first-order chi connectivity index (χ1) is 12.6. The molecule has 27 heavy (non-hydrogen) atoms. The van der Waals surface area contributed by atoms with E-state index in [0.29, 0.717) is 24.7 Å². The third-order valence-electron chi connectivity index (χ3n) is 4.37. The van der Waals surface area contributed by atoms with Crippen LogP contribution in [0.1, 0.15) is 18.1 Å². The maximum atomic E-state index is 6.24. The molecule has 0 aliphatic heterocycles. The Balaban J connectivity index is 0.00000261. The van der Waals surface area contributed by atoms with Gasteiger partial charge in [0.05, 0.1) is 0 Å². The second kappa shape index (κ2) is 9.63. The SMILES string of the molecule is CCc1c(-c2ccc([N-]CCN)nc2)cnc(N)c1-c1ccc(C)cc1.[W].